The normalized spacial score (nSPS) is 22.9. The Labute approximate surface area is 203 Å². The number of methoxy groups -OCH3 is 2. The summed E-state index contributed by atoms with van der Waals surface area (Å²) in [5.41, 5.74) is 2.95. The minimum absolute atomic E-state index is 0.125. The topological polar surface area (TPSA) is 50.8 Å². The highest BCUT2D eigenvalue weighted by Gasteiger charge is 2.58. The number of likely N-dealkylation sites (tertiary alicyclic amines) is 1. The van der Waals surface area contributed by atoms with Crippen molar-refractivity contribution in [3.8, 4) is 11.5 Å². The van der Waals surface area contributed by atoms with Crippen LogP contribution < -0.4 is 14.8 Å². The average Bonchev–Trinajstić information content (AvgIpc) is 3.36. The Bertz CT molecular complexity index is 969. The van der Waals surface area contributed by atoms with E-state index in [1.54, 1.807) is 14.2 Å². The molecule has 2 aromatic rings. The van der Waals surface area contributed by atoms with Crippen molar-refractivity contribution in [3.05, 3.63) is 59.7 Å². The predicted molar refractivity (Wildman–Crippen MR) is 134 cm³/mol. The molecule has 5 heteroatoms. The Hall–Kier alpha value is -2.53. The van der Waals surface area contributed by atoms with Crippen LogP contribution in [0.1, 0.15) is 56.1 Å². The number of carbonyl (C=O) groups excluding carboxylic acids is 1. The van der Waals surface area contributed by atoms with Crippen LogP contribution in [0.3, 0.4) is 0 Å². The predicted octanol–water partition coefficient (Wildman–Crippen LogP) is 4.93. The minimum Gasteiger partial charge on any atom is -0.497 e. The van der Waals surface area contributed by atoms with Crippen molar-refractivity contribution in [3.63, 3.8) is 0 Å². The Kier molecular flexibility index (Phi) is 6.57. The first kappa shape index (κ1) is 23.2. The molecule has 1 N–H and O–H groups in total. The molecular weight excluding hydrogens is 424 g/mol. The number of ether oxygens (including phenoxy) is 2. The van der Waals surface area contributed by atoms with Crippen LogP contribution in [-0.4, -0.2) is 44.7 Å². The standard InChI is InChI=1S/C29H38N2O3/c1-33-24-16-22(17-25(18-24)34-2)20-31-14-12-28(13-15-31)19-26(28)27(32)30-21-29(10-6-7-11-29)23-8-4-3-5-9-23/h3-5,8-9,16-18,26H,6-7,10-15,19-21H2,1-2H3,(H,30,32)/t26-/m1/s1. The van der Waals surface area contributed by atoms with Crippen molar-refractivity contribution >= 4 is 5.91 Å². The second-order valence-electron chi connectivity index (χ2n) is 10.7. The molecule has 34 heavy (non-hydrogen) atoms. The number of amides is 1. The van der Waals surface area contributed by atoms with Gasteiger partial charge in [0.2, 0.25) is 5.91 Å². The molecule has 1 spiro atoms. The van der Waals surface area contributed by atoms with Gasteiger partial charge in [-0.3, -0.25) is 9.69 Å². The van der Waals surface area contributed by atoms with Crippen LogP contribution in [0.15, 0.2) is 48.5 Å². The third-order valence-corrected chi connectivity index (χ3v) is 8.72. The number of carbonyl (C=O) groups is 1. The molecule has 0 unspecified atom stereocenters. The summed E-state index contributed by atoms with van der Waals surface area (Å²) in [6, 6.07) is 16.9. The van der Waals surface area contributed by atoms with Crippen LogP contribution in [0.25, 0.3) is 0 Å². The Morgan fingerprint density at radius 2 is 1.62 bits per heavy atom. The number of hydrogen-bond acceptors (Lipinski definition) is 4. The summed E-state index contributed by atoms with van der Waals surface area (Å²) in [5, 5.41) is 3.39. The Morgan fingerprint density at radius 1 is 0.971 bits per heavy atom. The zero-order valence-corrected chi connectivity index (χ0v) is 20.6. The van der Waals surface area contributed by atoms with Crippen LogP contribution in [0.2, 0.25) is 0 Å². The summed E-state index contributed by atoms with van der Waals surface area (Å²) >= 11 is 0. The molecule has 2 saturated carbocycles. The lowest BCUT2D eigenvalue weighted by molar-refractivity contribution is -0.123. The van der Waals surface area contributed by atoms with Gasteiger partial charge in [-0.2, -0.15) is 0 Å². The van der Waals surface area contributed by atoms with Gasteiger partial charge in [0.25, 0.3) is 0 Å². The van der Waals surface area contributed by atoms with Gasteiger partial charge < -0.3 is 14.8 Å². The summed E-state index contributed by atoms with van der Waals surface area (Å²) in [6.45, 7) is 3.75. The first-order valence-electron chi connectivity index (χ1n) is 12.8. The molecule has 2 aromatic carbocycles. The molecule has 3 fully saturated rings. The highest BCUT2D eigenvalue weighted by Crippen LogP contribution is 2.59. The maximum atomic E-state index is 13.2. The van der Waals surface area contributed by atoms with Crippen LogP contribution in [-0.2, 0) is 16.8 Å². The maximum Gasteiger partial charge on any atom is 0.223 e. The molecule has 1 aliphatic heterocycles. The Morgan fingerprint density at radius 3 is 2.24 bits per heavy atom. The molecule has 5 nitrogen and oxygen atoms in total. The Balaban J connectivity index is 1.14. The van der Waals surface area contributed by atoms with E-state index in [4.69, 9.17) is 9.47 Å². The van der Waals surface area contributed by atoms with Crippen molar-refractivity contribution < 1.29 is 14.3 Å². The third kappa shape index (κ3) is 4.68. The largest absolute Gasteiger partial charge is 0.497 e. The van der Waals surface area contributed by atoms with Gasteiger partial charge in [-0.1, -0.05) is 43.2 Å². The molecule has 0 aromatic heterocycles. The molecular formula is C29H38N2O3. The fourth-order valence-electron chi connectivity index (χ4n) is 6.43. The van der Waals surface area contributed by atoms with Crippen molar-refractivity contribution in [2.45, 2.75) is 56.9 Å². The lowest BCUT2D eigenvalue weighted by atomic mass is 9.78. The van der Waals surface area contributed by atoms with Gasteiger partial charge in [0.1, 0.15) is 11.5 Å². The summed E-state index contributed by atoms with van der Waals surface area (Å²) in [6.07, 6.45) is 8.14. The number of rotatable bonds is 8. The van der Waals surface area contributed by atoms with Crippen LogP contribution in [0, 0.1) is 11.3 Å². The second kappa shape index (κ2) is 9.61. The fraction of sp³-hybridized carbons (Fsp3) is 0.552. The summed E-state index contributed by atoms with van der Waals surface area (Å²) in [4.78, 5) is 15.7. The number of piperidine rings is 1. The van der Waals surface area contributed by atoms with E-state index >= 15 is 0 Å². The van der Waals surface area contributed by atoms with E-state index in [0.717, 1.165) is 56.9 Å². The first-order valence-corrected chi connectivity index (χ1v) is 12.8. The molecule has 3 aliphatic rings. The van der Waals surface area contributed by atoms with Gasteiger partial charge in [0, 0.05) is 30.5 Å². The number of nitrogens with one attached hydrogen (secondary N) is 1. The van der Waals surface area contributed by atoms with E-state index in [2.05, 4.69) is 52.7 Å². The van der Waals surface area contributed by atoms with Gasteiger partial charge in [0.05, 0.1) is 14.2 Å². The molecule has 0 radical (unpaired) electrons. The van der Waals surface area contributed by atoms with Crippen LogP contribution in [0.5, 0.6) is 11.5 Å². The highest BCUT2D eigenvalue weighted by atomic mass is 16.5. The van der Waals surface area contributed by atoms with E-state index in [9.17, 15) is 4.79 Å². The number of hydrogen-bond donors (Lipinski definition) is 1. The quantitative estimate of drug-likeness (QED) is 0.604. The van der Waals surface area contributed by atoms with Crippen molar-refractivity contribution in [1.29, 1.82) is 0 Å². The summed E-state index contributed by atoms with van der Waals surface area (Å²) in [5.74, 6) is 2.14. The highest BCUT2D eigenvalue weighted by molar-refractivity contribution is 5.82. The van der Waals surface area contributed by atoms with E-state index in [0.29, 0.717) is 0 Å². The van der Waals surface area contributed by atoms with Crippen molar-refractivity contribution in [1.82, 2.24) is 10.2 Å². The van der Waals surface area contributed by atoms with Crippen molar-refractivity contribution in [2.24, 2.45) is 11.3 Å². The maximum absolute atomic E-state index is 13.2. The molecule has 1 saturated heterocycles. The minimum atomic E-state index is 0.125. The zero-order valence-electron chi connectivity index (χ0n) is 20.6. The molecule has 1 atom stereocenters. The van der Waals surface area contributed by atoms with Gasteiger partial charge in [-0.25, -0.2) is 0 Å². The lowest BCUT2D eigenvalue weighted by Crippen LogP contribution is -2.41. The molecule has 5 rings (SSSR count). The van der Waals surface area contributed by atoms with Gasteiger partial charge in [-0.15, -0.1) is 0 Å². The van der Waals surface area contributed by atoms with E-state index in [-0.39, 0.29) is 22.7 Å². The fourth-order valence-corrected chi connectivity index (χ4v) is 6.43. The molecule has 182 valence electrons. The second-order valence-corrected chi connectivity index (χ2v) is 10.7. The van der Waals surface area contributed by atoms with E-state index in [1.165, 1.54) is 36.8 Å². The molecule has 2 aliphatic carbocycles. The number of benzene rings is 2. The lowest BCUT2D eigenvalue weighted by Gasteiger charge is -2.33. The monoisotopic (exact) mass is 462 g/mol. The van der Waals surface area contributed by atoms with E-state index < -0.39 is 0 Å². The summed E-state index contributed by atoms with van der Waals surface area (Å²) < 4.78 is 10.8. The molecule has 1 heterocycles. The van der Waals surface area contributed by atoms with Crippen molar-refractivity contribution in [2.75, 3.05) is 33.9 Å². The zero-order chi connectivity index (χ0) is 23.6. The van der Waals surface area contributed by atoms with Gasteiger partial charge in [-0.05, 0) is 73.9 Å². The molecule has 0 bridgehead atoms. The van der Waals surface area contributed by atoms with E-state index in [1.807, 2.05) is 6.07 Å². The van der Waals surface area contributed by atoms with Crippen LogP contribution >= 0.6 is 0 Å². The van der Waals surface area contributed by atoms with Crippen LogP contribution in [0.4, 0.5) is 0 Å². The first-order chi connectivity index (χ1) is 16.6. The third-order valence-electron chi connectivity index (χ3n) is 8.72. The number of nitrogens with zero attached hydrogens (tertiary/aromatic N) is 1. The smallest absolute Gasteiger partial charge is 0.223 e. The molecule has 1 amide bonds. The average molecular weight is 463 g/mol. The van der Waals surface area contributed by atoms with Gasteiger partial charge in [0.15, 0.2) is 0 Å². The SMILES string of the molecule is COc1cc(CN2CCC3(CC2)C[C@@H]3C(=O)NCC2(c3ccccc3)CCCC2)cc(OC)c1. The van der Waals surface area contributed by atoms with Gasteiger partial charge >= 0.3 is 0 Å². The summed E-state index contributed by atoms with van der Waals surface area (Å²) in [7, 11) is 3.38.